The number of aromatic nitrogens is 2. The number of hydrogen-bond donors (Lipinski definition) is 2. The minimum absolute atomic E-state index is 0.0185. The van der Waals surface area contributed by atoms with E-state index in [-0.39, 0.29) is 11.6 Å². The Kier molecular flexibility index (Phi) is 2.47. The summed E-state index contributed by atoms with van der Waals surface area (Å²) in [5, 5.41) is 19.1. The highest BCUT2D eigenvalue weighted by atomic mass is 16.6. The van der Waals surface area contributed by atoms with Crippen molar-refractivity contribution in [3.05, 3.63) is 15.9 Å². The third-order valence-corrected chi connectivity index (χ3v) is 1.74. The van der Waals surface area contributed by atoms with Gasteiger partial charge in [-0.2, -0.15) is 0 Å². The van der Waals surface area contributed by atoms with E-state index in [9.17, 15) is 10.1 Å². The van der Waals surface area contributed by atoms with Crippen molar-refractivity contribution in [3.63, 3.8) is 0 Å². The highest BCUT2D eigenvalue weighted by molar-refractivity contribution is 5.51. The summed E-state index contributed by atoms with van der Waals surface area (Å²) in [7, 11) is 0. The molecule has 7 nitrogen and oxygen atoms in total. The van der Waals surface area contributed by atoms with Gasteiger partial charge in [-0.1, -0.05) is 0 Å². The van der Waals surface area contributed by atoms with Crippen LogP contribution in [0.4, 0.5) is 11.6 Å². The van der Waals surface area contributed by atoms with Crippen LogP contribution in [0.5, 0.6) is 0 Å². The largest absolute Gasteiger partial charge is 0.408 e. The van der Waals surface area contributed by atoms with E-state index < -0.39 is 4.92 Å². The van der Waals surface area contributed by atoms with Crippen molar-refractivity contribution >= 4 is 11.6 Å². The maximum atomic E-state index is 10.4. The lowest BCUT2D eigenvalue weighted by Gasteiger charge is -2.01. The third-order valence-electron chi connectivity index (χ3n) is 1.74. The van der Waals surface area contributed by atoms with Gasteiger partial charge in [-0.25, -0.2) is 5.48 Å². The Bertz CT molecular complexity index is 333. The highest BCUT2D eigenvalue weighted by Crippen LogP contribution is 2.23. The molecule has 1 heterocycles. The number of hydrogen-bond acceptors (Lipinski definition) is 5. The van der Waals surface area contributed by atoms with Crippen LogP contribution in [-0.4, -0.2) is 19.7 Å². The number of anilines is 1. The molecule has 72 valence electrons. The Labute approximate surface area is 74.1 Å². The molecule has 0 spiro atoms. The first-order valence-corrected chi connectivity index (χ1v) is 3.73. The predicted octanol–water partition coefficient (Wildman–Crippen LogP) is 0.921. The van der Waals surface area contributed by atoms with Crippen molar-refractivity contribution < 1.29 is 10.1 Å². The number of imidazole rings is 1. The van der Waals surface area contributed by atoms with Crippen LogP contribution in [0, 0.1) is 17.0 Å². The molecule has 0 aliphatic rings. The number of nitro groups is 1. The van der Waals surface area contributed by atoms with Crippen LogP contribution in [0.1, 0.15) is 12.7 Å². The second-order valence-electron chi connectivity index (χ2n) is 2.44. The van der Waals surface area contributed by atoms with Crippen molar-refractivity contribution in [1.82, 2.24) is 9.55 Å². The number of rotatable bonds is 3. The van der Waals surface area contributed by atoms with E-state index in [0.717, 1.165) is 0 Å². The smallest absolute Gasteiger partial charge is 0.358 e. The van der Waals surface area contributed by atoms with Gasteiger partial charge < -0.3 is 10.1 Å². The summed E-state index contributed by atoms with van der Waals surface area (Å²) in [4.78, 5) is 13.5. The van der Waals surface area contributed by atoms with E-state index in [4.69, 9.17) is 5.21 Å². The predicted molar refractivity (Wildman–Crippen MR) is 44.7 cm³/mol. The van der Waals surface area contributed by atoms with E-state index >= 15 is 0 Å². The Morgan fingerprint density at radius 1 is 1.77 bits per heavy atom. The first-order valence-electron chi connectivity index (χ1n) is 3.73. The van der Waals surface area contributed by atoms with Gasteiger partial charge in [0.25, 0.3) is 0 Å². The van der Waals surface area contributed by atoms with Crippen molar-refractivity contribution in [3.8, 4) is 0 Å². The summed E-state index contributed by atoms with van der Waals surface area (Å²) < 4.78 is 1.51. The summed E-state index contributed by atoms with van der Waals surface area (Å²) in [6.07, 6.45) is 0. The fraction of sp³-hybridized carbons (Fsp3) is 0.500. The minimum atomic E-state index is -0.641. The Balaban J connectivity index is 3.29. The lowest BCUT2D eigenvalue weighted by molar-refractivity contribution is -0.388. The normalized spacial score (nSPS) is 10.1. The molecule has 0 unspecified atom stereocenters. The molecule has 1 aromatic heterocycles. The van der Waals surface area contributed by atoms with Gasteiger partial charge in [-0.15, -0.1) is 0 Å². The van der Waals surface area contributed by atoms with Crippen LogP contribution in [-0.2, 0) is 6.54 Å². The average molecular weight is 186 g/mol. The summed E-state index contributed by atoms with van der Waals surface area (Å²) >= 11 is 0. The van der Waals surface area contributed by atoms with Crippen LogP contribution >= 0.6 is 0 Å². The van der Waals surface area contributed by atoms with Gasteiger partial charge in [-0.3, -0.25) is 9.77 Å². The second kappa shape index (κ2) is 3.40. The van der Waals surface area contributed by atoms with Gasteiger partial charge in [0, 0.05) is 13.5 Å². The second-order valence-corrected chi connectivity index (χ2v) is 2.44. The van der Waals surface area contributed by atoms with Crippen LogP contribution in [0.15, 0.2) is 0 Å². The molecule has 0 aliphatic heterocycles. The molecule has 1 rings (SSSR count). The van der Waals surface area contributed by atoms with Gasteiger partial charge in [0.05, 0.1) is 0 Å². The standard InChI is InChI=1S/C6H10N4O3/c1-3-9-4(2)7-5(10(12)13)6(9)8-11/h8,11H,3H2,1-2H3. The molecule has 0 atom stereocenters. The summed E-state index contributed by atoms with van der Waals surface area (Å²) in [5.74, 6) is 0.151. The van der Waals surface area contributed by atoms with Crippen LogP contribution in [0.3, 0.4) is 0 Å². The van der Waals surface area contributed by atoms with Gasteiger partial charge in [0.15, 0.2) is 0 Å². The topological polar surface area (TPSA) is 93.2 Å². The van der Waals surface area contributed by atoms with Gasteiger partial charge in [-0.05, 0) is 16.8 Å². The number of nitrogens with zero attached hydrogens (tertiary/aromatic N) is 3. The fourth-order valence-electron chi connectivity index (χ4n) is 1.17. The van der Waals surface area contributed by atoms with Crippen molar-refractivity contribution in [2.24, 2.45) is 0 Å². The lowest BCUT2D eigenvalue weighted by atomic mass is 10.6. The first kappa shape index (κ1) is 9.46. The molecule has 0 aromatic carbocycles. The SMILES string of the molecule is CCn1c(C)nc([N+](=O)[O-])c1NO. The molecular weight excluding hydrogens is 176 g/mol. The maximum absolute atomic E-state index is 10.4. The average Bonchev–Trinajstić information content (AvgIpc) is 2.41. The molecular formula is C6H10N4O3. The summed E-state index contributed by atoms with van der Waals surface area (Å²) in [6.45, 7) is 3.95. The summed E-state index contributed by atoms with van der Waals surface area (Å²) in [6, 6.07) is 0. The lowest BCUT2D eigenvalue weighted by Crippen LogP contribution is -2.04. The van der Waals surface area contributed by atoms with Crippen LogP contribution < -0.4 is 5.48 Å². The molecule has 0 radical (unpaired) electrons. The number of nitrogens with one attached hydrogen (secondary N) is 1. The van der Waals surface area contributed by atoms with Gasteiger partial charge in [0.1, 0.15) is 0 Å². The van der Waals surface area contributed by atoms with E-state index in [2.05, 4.69) is 4.98 Å². The first-order chi connectivity index (χ1) is 6.11. The zero-order valence-corrected chi connectivity index (χ0v) is 7.31. The molecule has 0 fully saturated rings. The monoisotopic (exact) mass is 186 g/mol. The van der Waals surface area contributed by atoms with Crippen LogP contribution in [0.2, 0.25) is 0 Å². The van der Waals surface area contributed by atoms with Gasteiger partial charge in [0.2, 0.25) is 11.6 Å². The Hall–Kier alpha value is -1.63. The zero-order chi connectivity index (χ0) is 10.0. The Morgan fingerprint density at radius 2 is 2.38 bits per heavy atom. The molecule has 0 aliphatic carbocycles. The minimum Gasteiger partial charge on any atom is -0.358 e. The van der Waals surface area contributed by atoms with Crippen molar-refractivity contribution in [2.75, 3.05) is 5.48 Å². The molecule has 0 saturated carbocycles. The Morgan fingerprint density at radius 3 is 2.77 bits per heavy atom. The zero-order valence-electron chi connectivity index (χ0n) is 7.31. The molecule has 0 bridgehead atoms. The van der Waals surface area contributed by atoms with E-state index in [1.807, 2.05) is 0 Å². The molecule has 2 N–H and O–H groups in total. The van der Waals surface area contributed by atoms with E-state index in [1.165, 1.54) is 4.57 Å². The summed E-state index contributed by atoms with van der Waals surface area (Å²) in [5.41, 5.74) is 1.78. The van der Waals surface area contributed by atoms with Crippen LogP contribution in [0.25, 0.3) is 0 Å². The van der Waals surface area contributed by atoms with E-state index in [0.29, 0.717) is 12.4 Å². The maximum Gasteiger partial charge on any atom is 0.408 e. The number of aryl methyl sites for hydroxylation is 1. The fourth-order valence-corrected chi connectivity index (χ4v) is 1.17. The molecule has 0 saturated heterocycles. The van der Waals surface area contributed by atoms with Gasteiger partial charge >= 0.3 is 5.82 Å². The van der Waals surface area contributed by atoms with Crippen molar-refractivity contribution in [1.29, 1.82) is 0 Å². The quantitative estimate of drug-likeness (QED) is 0.540. The molecule has 7 heteroatoms. The molecule has 0 amide bonds. The van der Waals surface area contributed by atoms with E-state index in [1.54, 1.807) is 19.3 Å². The molecule has 1 aromatic rings. The highest BCUT2D eigenvalue weighted by Gasteiger charge is 2.23. The third kappa shape index (κ3) is 1.45. The van der Waals surface area contributed by atoms with Crippen molar-refractivity contribution in [2.45, 2.75) is 20.4 Å². The molecule has 13 heavy (non-hydrogen) atoms.